The molecule has 0 radical (unpaired) electrons. The standard InChI is InChI=1S/C23H27NO4/c1-18(25)28-21(16-19-8-4-2-5-9-19)17-24-14-12-23(13-15-24,22(26)27)20-10-6-3-7-11-20/h2-11,21H,12-17H2,1H3,(H,26,27). The van der Waals surface area contributed by atoms with Crippen molar-refractivity contribution in [2.75, 3.05) is 19.6 Å². The van der Waals surface area contributed by atoms with Crippen molar-refractivity contribution in [3.8, 4) is 0 Å². The topological polar surface area (TPSA) is 66.8 Å². The fourth-order valence-electron chi connectivity index (χ4n) is 4.04. The molecule has 0 aliphatic carbocycles. The Morgan fingerprint density at radius 1 is 1.04 bits per heavy atom. The molecule has 0 bridgehead atoms. The monoisotopic (exact) mass is 381 g/mol. The molecule has 0 spiro atoms. The number of hydrogen-bond donors (Lipinski definition) is 1. The lowest BCUT2D eigenvalue weighted by Crippen LogP contribution is -2.49. The van der Waals surface area contributed by atoms with E-state index in [9.17, 15) is 14.7 Å². The van der Waals surface area contributed by atoms with Crippen molar-refractivity contribution in [3.63, 3.8) is 0 Å². The van der Waals surface area contributed by atoms with Crippen LogP contribution in [0.2, 0.25) is 0 Å². The number of likely N-dealkylation sites (tertiary alicyclic amines) is 1. The van der Waals surface area contributed by atoms with Crippen LogP contribution in [0.15, 0.2) is 60.7 Å². The maximum atomic E-state index is 12.1. The zero-order valence-corrected chi connectivity index (χ0v) is 16.2. The fraction of sp³-hybridized carbons (Fsp3) is 0.391. The SMILES string of the molecule is CC(=O)OC(Cc1ccccc1)CN1CCC(C(=O)O)(c2ccccc2)CC1. The maximum Gasteiger partial charge on any atom is 0.314 e. The number of hydrogen-bond acceptors (Lipinski definition) is 4. The molecule has 5 nitrogen and oxygen atoms in total. The molecule has 0 saturated carbocycles. The number of esters is 1. The van der Waals surface area contributed by atoms with Crippen molar-refractivity contribution < 1.29 is 19.4 Å². The van der Waals surface area contributed by atoms with Crippen LogP contribution in [-0.4, -0.2) is 47.7 Å². The zero-order chi connectivity index (χ0) is 20.0. The summed E-state index contributed by atoms with van der Waals surface area (Å²) in [6.07, 6.45) is 1.50. The molecule has 1 aliphatic heterocycles. The van der Waals surface area contributed by atoms with Gasteiger partial charge in [-0.05, 0) is 37.1 Å². The first kappa shape index (κ1) is 20.1. The van der Waals surface area contributed by atoms with E-state index in [0.717, 1.165) is 11.1 Å². The summed E-state index contributed by atoms with van der Waals surface area (Å²) >= 11 is 0. The Hall–Kier alpha value is -2.66. The van der Waals surface area contributed by atoms with E-state index < -0.39 is 11.4 Å². The average Bonchev–Trinajstić information content (AvgIpc) is 2.69. The molecule has 0 amide bonds. The smallest absolute Gasteiger partial charge is 0.314 e. The predicted molar refractivity (Wildman–Crippen MR) is 107 cm³/mol. The van der Waals surface area contributed by atoms with E-state index in [1.54, 1.807) is 0 Å². The van der Waals surface area contributed by atoms with Crippen LogP contribution in [0.5, 0.6) is 0 Å². The molecule has 1 N–H and O–H groups in total. The largest absolute Gasteiger partial charge is 0.481 e. The lowest BCUT2D eigenvalue weighted by molar-refractivity contribution is -0.148. The summed E-state index contributed by atoms with van der Waals surface area (Å²) in [7, 11) is 0. The minimum Gasteiger partial charge on any atom is -0.481 e. The summed E-state index contributed by atoms with van der Waals surface area (Å²) in [4.78, 5) is 25.9. The number of rotatable bonds is 7. The molecule has 28 heavy (non-hydrogen) atoms. The third-order valence-electron chi connectivity index (χ3n) is 5.55. The number of nitrogens with zero attached hydrogens (tertiary/aromatic N) is 1. The number of carbonyl (C=O) groups is 2. The van der Waals surface area contributed by atoms with Crippen molar-refractivity contribution in [1.82, 2.24) is 4.90 Å². The summed E-state index contributed by atoms with van der Waals surface area (Å²) in [5.41, 5.74) is 1.14. The summed E-state index contributed by atoms with van der Waals surface area (Å²) < 4.78 is 5.54. The highest BCUT2D eigenvalue weighted by molar-refractivity contribution is 5.81. The first-order chi connectivity index (χ1) is 13.5. The van der Waals surface area contributed by atoms with Crippen LogP contribution in [0, 0.1) is 0 Å². The van der Waals surface area contributed by atoms with E-state index in [-0.39, 0.29) is 12.1 Å². The summed E-state index contributed by atoms with van der Waals surface area (Å²) in [5.74, 6) is -1.05. The second kappa shape index (κ2) is 9.02. The van der Waals surface area contributed by atoms with Gasteiger partial charge in [-0.15, -0.1) is 0 Å². The molecular formula is C23H27NO4. The van der Waals surface area contributed by atoms with Gasteiger partial charge in [0.1, 0.15) is 6.10 Å². The van der Waals surface area contributed by atoms with Gasteiger partial charge in [0.15, 0.2) is 0 Å². The van der Waals surface area contributed by atoms with Gasteiger partial charge in [0.25, 0.3) is 0 Å². The van der Waals surface area contributed by atoms with Crippen molar-refractivity contribution in [3.05, 3.63) is 71.8 Å². The van der Waals surface area contributed by atoms with E-state index >= 15 is 0 Å². The molecule has 2 aromatic rings. The highest BCUT2D eigenvalue weighted by Crippen LogP contribution is 2.36. The number of benzene rings is 2. The third-order valence-corrected chi connectivity index (χ3v) is 5.55. The van der Waals surface area contributed by atoms with Crippen LogP contribution in [0.25, 0.3) is 0 Å². The Morgan fingerprint density at radius 2 is 1.61 bits per heavy atom. The highest BCUT2D eigenvalue weighted by atomic mass is 16.5. The van der Waals surface area contributed by atoms with Gasteiger partial charge < -0.3 is 9.84 Å². The molecule has 148 valence electrons. The highest BCUT2D eigenvalue weighted by Gasteiger charge is 2.43. The van der Waals surface area contributed by atoms with Crippen LogP contribution in [0.1, 0.15) is 30.9 Å². The molecule has 1 heterocycles. The molecule has 5 heteroatoms. The van der Waals surface area contributed by atoms with E-state index in [1.165, 1.54) is 6.92 Å². The number of aliphatic carboxylic acids is 1. The van der Waals surface area contributed by atoms with Crippen molar-refractivity contribution in [2.45, 2.75) is 37.7 Å². The van der Waals surface area contributed by atoms with Crippen LogP contribution < -0.4 is 0 Å². The van der Waals surface area contributed by atoms with Gasteiger partial charge in [0.05, 0.1) is 5.41 Å². The molecule has 0 aromatic heterocycles. The Bertz CT molecular complexity index is 783. The fourth-order valence-corrected chi connectivity index (χ4v) is 4.04. The number of carbonyl (C=O) groups excluding carboxylic acids is 1. The van der Waals surface area contributed by atoms with Gasteiger partial charge in [-0.1, -0.05) is 60.7 Å². The minimum atomic E-state index is -0.839. The van der Waals surface area contributed by atoms with Crippen LogP contribution in [0.4, 0.5) is 0 Å². The molecule has 1 atom stereocenters. The van der Waals surface area contributed by atoms with Crippen molar-refractivity contribution in [1.29, 1.82) is 0 Å². The first-order valence-corrected chi connectivity index (χ1v) is 9.72. The molecule has 1 fully saturated rings. The number of carboxylic acids is 1. The van der Waals surface area contributed by atoms with Crippen molar-refractivity contribution >= 4 is 11.9 Å². The van der Waals surface area contributed by atoms with Crippen molar-refractivity contribution in [2.24, 2.45) is 0 Å². The van der Waals surface area contributed by atoms with Gasteiger partial charge in [-0.3, -0.25) is 14.5 Å². The Balaban J connectivity index is 1.66. The minimum absolute atomic E-state index is 0.242. The molecule has 2 aromatic carbocycles. The Morgan fingerprint density at radius 3 is 2.14 bits per heavy atom. The van der Waals surface area contributed by atoms with Gasteiger partial charge in [-0.25, -0.2) is 0 Å². The second-order valence-corrected chi connectivity index (χ2v) is 7.48. The van der Waals surface area contributed by atoms with E-state index in [0.29, 0.717) is 38.9 Å². The van der Waals surface area contributed by atoms with Crippen LogP contribution in [0.3, 0.4) is 0 Å². The van der Waals surface area contributed by atoms with E-state index in [1.807, 2.05) is 60.7 Å². The van der Waals surface area contributed by atoms with E-state index in [4.69, 9.17) is 4.74 Å². The lowest BCUT2D eigenvalue weighted by atomic mass is 9.73. The van der Waals surface area contributed by atoms with Gasteiger partial charge in [0, 0.05) is 19.9 Å². The van der Waals surface area contributed by atoms with Crippen LogP contribution in [-0.2, 0) is 26.2 Å². The van der Waals surface area contributed by atoms with Gasteiger partial charge >= 0.3 is 11.9 Å². The number of ether oxygens (including phenoxy) is 1. The Labute approximate surface area is 165 Å². The quantitative estimate of drug-likeness (QED) is 0.746. The average molecular weight is 381 g/mol. The number of piperidine rings is 1. The summed E-state index contributed by atoms with van der Waals surface area (Å²) in [6, 6.07) is 19.5. The van der Waals surface area contributed by atoms with Crippen LogP contribution >= 0.6 is 0 Å². The zero-order valence-electron chi connectivity index (χ0n) is 16.2. The lowest BCUT2D eigenvalue weighted by Gasteiger charge is -2.40. The van der Waals surface area contributed by atoms with E-state index in [2.05, 4.69) is 4.90 Å². The predicted octanol–water partition coefficient (Wildman–Crippen LogP) is 3.28. The third kappa shape index (κ3) is 4.78. The van der Waals surface area contributed by atoms with Gasteiger partial charge in [0.2, 0.25) is 0 Å². The Kier molecular flexibility index (Phi) is 6.47. The summed E-state index contributed by atoms with van der Waals surface area (Å²) in [5, 5.41) is 9.94. The molecule has 1 unspecified atom stereocenters. The molecule has 1 aliphatic rings. The molecule has 1 saturated heterocycles. The maximum absolute atomic E-state index is 12.1. The normalized spacial score (nSPS) is 17.6. The molecular weight excluding hydrogens is 354 g/mol. The van der Waals surface area contributed by atoms with Gasteiger partial charge in [-0.2, -0.15) is 0 Å². The summed E-state index contributed by atoms with van der Waals surface area (Å²) in [6.45, 7) is 3.36. The first-order valence-electron chi connectivity index (χ1n) is 9.72. The number of carboxylic acid groups (broad SMARTS) is 1. The molecule has 3 rings (SSSR count). The second-order valence-electron chi connectivity index (χ2n) is 7.48.